The van der Waals surface area contributed by atoms with Crippen LogP contribution in [0, 0.1) is 5.82 Å². The van der Waals surface area contributed by atoms with Crippen LogP contribution in [0.15, 0.2) is 22.7 Å². The van der Waals surface area contributed by atoms with E-state index >= 15 is 0 Å². The molecule has 0 aliphatic rings. The van der Waals surface area contributed by atoms with E-state index in [2.05, 4.69) is 21.2 Å². The van der Waals surface area contributed by atoms with Crippen molar-refractivity contribution in [1.29, 1.82) is 0 Å². The van der Waals surface area contributed by atoms with E-state index in [1.807, 2.05) is 13.8 Å². The Hall–Kier alpha value is -0.940. The van der Waals surface area contributed by atoms with Gasteiger partial charge in [0.05, 0.1) is 4.47 Å². The first-order chi connectivity index (χ1) is 8.88. The minimum atomic E-state index is -0.280. The van der Waals surface area contributed by atoms with Gasteiger partial charge in [-0.15, -0.1) is 0 Å². The summed E-state index contributed by atoms with van der Waals surface area (Å²) in [5.41, 5.74) is 6.59. The van der Waals surface area contributed by atoms with Crippen LogP contribution in [0.5, 0.6) is 0 Å². The van der Waals surface area contributed by atoms with Crippen LogP contribution in [0.4, 0.5) is 4.39 Å². The first-order valence-electron chi connectivity index (χ1n) is 6.37. The van der Waals surface area contributed by atoms with E-state index in [1.165, 1.54) is 6.07 Å². The van der Waals surface area contributed by atoms with Crippen molar-refractivity contribution in [3.05, 3.63) is 34.1 Å². The summed E-state index contributed by atoms with van der Waals surface area (Å²) in [6, 6.07) is 4.93. The Balaban J connectivity index is 2.44. The molecule has 3 N–H and O–H groups in total. The molecule has 1 amide bonds. The molecule has 5 heteroatoms. The Kier molecular flexibility index (Phi) is 6.45. The second-order valence-corrected chi connectivity index (χ2v) is 5.79. The van der Waals surface area contributed by atoms with E-state index in [1.54, 1.807) is 12.1 Å². The molecule has 3 nitrogen and oxygen atoms in total. The van der Waals surface area contributed by atoms with Crippen molar-refractivity contribution in [3.63, 3.8) is 0 Å². The Labute approximate surface area is 121 Å². The molecule has 0 aromatic heterocycles. The van der Waals surface area contributed by atoms with Gasteiger partial charge in [-0.3, -0.25) is 4.79 Å². The normalized spacial score (nSPS) is 13.9. The van der Waals surface area contributed by atoms with Crippen LogP contribution in [-0.4, -0.2) is 18.0 Å². The first-order valence-corrected chi connectivity index (χ1v) is 7.16. The van der Waals surface area contributed by atoms with Gasteiger partial charge in [-0.05, 0) is 60.3 Å². The molecule has 0 saturated carbocycles. The quantitative estimate of drug-likeness (QED) is 0.842. The number of nitrogens with one attached hydrogen (secondary N) is 1. The summed E-state index contributed by atoms with van der Waals surface area (Å²) in [6.07, 6.45) is 1.79. The van der Waals surface area contributed by atoms with E-state index in [9.17, 15) is 9.18 Å². The fourth-order valence-electron chi connectivity index (χ4n) is 1.78. The summed E-state index contributed by atoms with van der Waals surface area (Å²) in [5.74, 6) is -0.275. The molecule has 0 bridgehead atoms. The summed E-state index contributed by atoms with van der Waals surface area (Å²) in [7, 11) is 0. The van der Waals surface area contributed by atoms with E-state index in [-0.39, 0.29) is 23.8 Å². The van der Waals surface area contributed by atoms with Crippen molar-refractivity contribution in [2.45, 2.75) is 45.2 Å². The van der Waals surface area contributed by atoms with Crippen molar-refractivity contribution in [3.8, 4) is 0 Å². The highest BCUT2D eigenvalue weighted by Gasteiger charge is 2.10. The summed E-state index contributed by atoms with van der Waals surface area (Å²) in [4.78, 5) is 11.6. The lowest BCUT2D eigenvalue weighted by atomic mass is 10.1. The van der Waals surface area contributed by atoms with E-state index < -0.39 is 0 Å². The van der Waals surface area contributed by atoms with Gasteiger partial charge in [0, 0.05) is 18.5 Å². The van der Waals surface area contributed by atoms with E-state index in [4.69, 9.17) is 5.73 Å². The monoisotopic (exact) mass is 330 g/mol. The van der Waals surface area contributed by atoms with Crippen LogP contribution >= 0.6 is 15.9 Å². The molecule has 0 spiro atoms. The largest absolute Gasteiger partial charge is 0.353 e. The van der Waals surface area contributed by atoms with Gasteiger partial charge in [0.25, 0.3) is 0 Å². The van der Waals surface area contributed by atoms with Gasteiger partial charge in [0.2, 0.25) is 5.91 Å². The predicted molar refractivity (Wildman–Crippen MR) is 78.3 cm³/mol. The smallest absolute Gasteiger partial charge is 0.220 e. The van der Waals surface area contributed by atoms with Crippen LogP contribution < -0.4 is 11.1 Å². The number of amides is 1. The third kappa shape index (κ3) is 6.16. The number of carbonyl (C=O) groups excluding carboxylic acids is 1. The lowest BCUT2D eigenvalue weighted by Crippen LogP contribution is -2.34. The van der Waals surface area contributed by atoms with Crippen molar-refractivity contribution in [2.24, 2.45) is 5.73 Å². The Morgan fingerprint density at radius 1 is 1.47 bits per heavy atom. The molecule has 2 atom stereocenters. The Morgan fingerprint density at radius 2 is 2.16 bits per heavy atom. The molecule has 19 heavy (non-hydrogen) atoms. The molecule has 1 aromatic rings. The number of halogens is 2. The predicted octanol–water partition coefficient (Wildman–Crippen LogP) is 2.76. The van der Waals surface area contributed by atoms with E-state index in [0.717, 1.165) is 5.56 Å². The third-order valence-corrected chi connectivity index (χ3v) is 3.37. The molecular formula is C14H20BrFN2O. The maximum atomic E-state index is 13.1. The second kappa shape index (κ2) is 7.60. The molecular weight excluding hydrogens is 311 g/mol. The summed E-state index contributed by atoms with van der Waals surface area (Å²) in [6.45, 7) is 3.81. The van der Waals surface area contributed by atoms with Gasteiger partial charge in [0.15, 0.2) is 0 Å². The third-order valence-electron chi connectivity index (χ3n) is 2.76. The fraction of sp³-hybridized carbons (Fsp3) is 0.500. The summed E-state index contributed by atoms with van der Waals surface area (Å²) in [5, 5.41) is 2.91. The first kappa shape index (κ1) is 16.1. The van der Waals surface area contributed by atoms with Crippen LogP contribution in [0.3, 0.4) is 0 Å². The SMILES string of the molecule is CC(N)CCC(=O)NC(C)Cc1ccc(F)c(Br)c1. The van der Waals surface area contributed by atoms with Gasteiger partial charge in [-0.25, -0.2) is 4.39 Å². The van der Waals surface area contributed by atoms with Gasteiger partial charge >= 0.3 is 0 Å². The van der Waals surface area contributed by atoms with Crippen LogP contribution in [-0.2, 0) is 11.2 Å². The number of hydrogen-bond acceptors (Lipinski definition) is 2. The average molecular weight is 331 g/mol. The molecule has 1 rings (SSSR count). The topological polar surface area (TPSA) is 55.1 Å². The van der Waals surface area contributed by atoms with Gasteiger partial charge < -0.3 is 11.1 Å². The summed E-state index contributed by atoms with van der Waals surface area (Å²) >= 11 is 3.15. The maximum Gasteiger partial charge on any atom is 0.220 e. The Bertz CT molecular complexity index is 437. The molecule has 106 valence electrons. The van der Waals surface area contributed by atoms with Gasteiger partial charge in [-0.1, -0.05) is 6.07 Å². The number of rotatable bonds is 6. The highest BCUT2D eigenvalue weighted by Crippen LogP contribution is 2.17. The van der Waals surface area contributed by atoms with Crippen LogP contribution in [0.1, 0.15) is 32.3 Å². The lowest BCUT2D eigenvalue weighted by Gasteiger charge is -2.15. The number of nitrogens with two attached hydrogens (primary N) is 1. The molecule has 1 aromatic carbocycles. The van der Waals surface area contributed by atoms with Crippen molar-refractivity contribution < 1.29 is 9.18 Å². The van der Waals surface area contributed by atoms with E-state index in [0.29, 0.717) is 23.7 Å². The zero-order chi connectivity index (χ0) is 14.4. The zero-order valence-corrected chi connectivity index (χ0v) is 12.8. The highest BCUT2D eigenvalue weighted by molar-refractivity contribution is 9.10. The molecule has 0 aliphatic heterocycles. The molecule has 0 saturated heterocycles. The van der Waals surface area contributed by atoms with Crippen LogP contribution in [0.2, 0.25) is 0 Å². The van der Waals surface area contributed by atoms with Crippen molar-refractivity contribution >= 4 is 21.8 Å². The number of benzene rings is 1. The minimum Gasteiger partial charge on any atom is -0.353 e. The lowest BCUT2D eigenvalue weighted by molar-refractivity contribution is -0.121. The molecule has 0 aliphatic carbocycles. The maximum absolute atomic E-state index is 13.1. The second-order valence-electron chi connectivity index (χ2n) is 4.94. The standard InChI is InChI=1S/C14H20BrFN2O/c1-9(17)3-6-14(19)18-10(2)7-11-4-5-13(16)12(15)8-11/h4-5,8-10H,3,6-7,17H2,1-2H3,(H,18,19). The summed E-state index contributed by atoms with van der Waals surface area (Å²) < 4.78 is 13.5. The fourth-order valence-corrected chi connectivity index (χ4v) is 2.20. The molecule has 0 fully saturated rings. The molecule has 2 unspecified atom stereocenters. The van der Waals surface area contributed by atoms with Crippen LogP contribution in [0.25, 0.3) is 0 Å². The van der Waals surface area contributed by atoms with Crippen molar-refractivity contribution in [1.82, 2.24) is 5.32 Å². The van der Waals surface area contributed by atoms with Gasteiger partial charge in [0.1, 0.15) is 5.82 Å². The van der Waals surface area contributed by atoms with Gasteiger partial charge in [-0.2, -0.15) is 0 Å². The average Bonchev–Trinajstić information content (AvgIpc) is 2.31. The molecule has 0 radical (unpaired) electrons. The van der Waals surface area contributed by atoms with Crippen molar-refractivity contribution in [2.75, 3.05) is 0 Å². The number of hydrogen-bond donors (Lipinski definition) is 2. The zero-order valence-electron chi connectivity index (χ0n) is 11.2. The Morgan fingerprint density at radius 3 is 2.74 bits per heavy atom. The minimum absolute atomic E-state index is 0.00553. The molecule has 0 heterocycles. The highest BCUT2D eigenvalue weighted by atomic mass is 79.9. The number of carbonyl (C=O) groups is 1.